The van der Waals surface area contributed by atoms with E-state index < -0.39 is 0 Å². The third-order valence-corrected chi connectivity index (χ3v) is 6.99. The highest BCUT2D eigenvalue weighted by Crippen LogP contribution is 2.26. The van der Waals surface area contributed by atoms with Crippen LogP contribution in [-0.4, -0.2) is 81.3 Å². The van der Waals surface area contributed by atoms with Crippen molar-refractivity contribution in [1.82, 2.24) is 20.4 Å². The van der Waals surface area contributed by atoms with Crippen LogP contribution in [0.15, 0.2) is 22.5 Å². The number of nitrogens with zero attached hydrogens (tertiary/aromatic N) is 3. The number of piperidine rings is 1. The lowest BCUT2D eigenvalue weighted by molar-refractivity contribution is 0.0186. The van der Waals surface area contributed by atoms with Crippen molar-refractivity contribution >= 4 is 17.3 Å². The molecule has 6 nitrogen and oxygen atoms in total. The van der Waals surface area contributed by atoms with Gasteiger partial charge in [0, 0.05) is 31.1 Å². The molecular weight excluding hydrogens is 394 g/mol. The minimum atomic E-state index is 0.342. The number of unbranched alkanes of at least 4 members (excludes halogenated alkanes) is 2. The van der Waals surface area contributed by atoms with E-state index in [0.717, 1.165) is 51.9 Å². The summed E-state index contributed by atoms with van der Waals surface area (Å²) in [5, 5.41) is 9.13. The molecule has 0 aromatic carbocycles. The predicted octanol–water partition coefficient (Wildman–Crippen LogP) is 3.33. The van der Waals surface area contributed by atoms with Crippen molar-refractivity contribution in [3.05, 3.63) is 22.4 Å². The van der Waals surface area contributed by atoms with Crippen LogP contribution in [0.2, 0.25) is 0 Å². The molecule has 1 aromatic rings. The third-order valence-electron chi connectivity index (χ3n) is 6.02. The second kappa shape index (κ2) is 14.0. The molecule has 0 bridgehead atoms. The third kappa shape index (κ3) is 8.17. The highest BCUT2D eigenvalue weighted by molar-refractivity contribution is 7.10. The van der Waals surface area contributed by atoms with Gasteiger partial charge in [-0.3, -0.25) is 9.89 Å². The normalized spacial score (nSPS) is 20.2. The second-order valence-electron chi connectivity index (χ2n) is 8.29. The van der Waals surface area contributed by atoms with Gasteiger partial charge in [0.1, 0.15) is 0 Å². The number of aliphatic imine (C=N–C) groups is 1. The van der Waals surface area contributed by atoms with Crippen molar-refractivity contribution in [3.63, 3.8) is 0 Å². The average molecular weight is 436 g/mol. The number of thiophene rings is 1. The summed E-state index contributed by atoms with van der Waals surface area (Å²) in [5.41, 5.74) is 0. The standard InChI is InChI=1S/C23H41N5OS/c1-2-24-23(25-11-5-3-6-12-27-13-7-4-8-14-27)26-20-21(22-10-9-19-30-22)28-15-17-29-18-16-28/h9-10,19,21H,2-8,11-18,20H2,1H3,(H2,24,25,26). The molecule has 1 unspecified atom stereocenters. The van der Waals surface area contributed by atoms with Crippen LogP contribution < -0.4 is 10.6 Å². The van der Waals surface area contributed by atoms with E-state index in [1.165, 1.54) is 63.0 Å². The molecule has 0 saturated carbocycles. The number of guanidine groups is 1. The maximum atomic E-state index is 5.55. The summed E-state index contributed by atoms with van der Waals surface area (Å²) in [4.78, 5) is 11.5. The topological polar surface area (TPSA) is 52.1 Å². The Labute approximate surface area is 187 Å². The summed E-state index contributed by atoms with van der Waals surface area (Å²) in [6.45, 7) is 12.3. The Hall–Kier alpha value is -1.15. The van der Waals surface area contributed by atoms with Crippen LogP contribution in [0.1, 0.15) is 56.4 Å². The van der Waals surface area contributed by atoms with E-state index in [-0.39, 0.29) is 0 Å². The van der Waals surface area contributed by atoms with E-state index in [1.54, 1.807) is 0 Å². The van der Waals surface area contributed by atoms with E-state index in [1.807, 2.05) is 11.3 Å². The molecule has 0 aliphatic carbocycles. The Morgan fingerprint density at radius 3 is 2.67 bits per heavy atom. The lowest BCUT2D eigenvalue weighted by Gasteiger charge is -2.33. The summed E-state index contributed by atoms with van der Waals surface area (Å²) in [6, 6.07) is 4.72. The van der Waals surface area contributed by atoms with Gasteiger partial charge in [0.15, 0.2) is 5.96 Å². The molecule has 0 amide bonds. The summed E-state index contributed by atoms with van der Waals surface area (Å²) in [5.74, 6) is 0.948. The smallest absolute Gasteiger partial charge is 0.191 e. The van der Waals surface area contributed by atoms with Gasteiger partial charge in [0.05, 0.1) is 25.8 Å². The maximum absolute atomic E-state index is 5.55. The molecule has 2 aliphatic rings. The first-order valence-corrected chi connectivity index (χ1v) is 12.8. The first-order chi connectivity index (χ1) is 14.9. The van der Waals surface area contributed by atoms with Gasteiger partial charge in [0.2, 0.25) is 0 Å². The molecule has 170 valence electrons. The summed E-state index contributed by atoms with van der Waals surface area (Å²) in [7, 11) is 0. The van der Waals surface area contributed by atoms with Crippen molar-refractivity contribution in [2.45, 2.75) is 51.5 Å². The number of hydrogen-bond acceptors (Lipinski definition) is 5. The molecule has 2 aliphatic heterocycles. The number of hydrogen-bond donors (Lipinski definition) is 2. The maximum Gasteiger partial charge on any atom is 0.191 e. The van der Waals surface area contributed by atoms with Crippen molar-refractivity contribution in [1.29, 1.82) is 0 Å². The monoisotopic (exact) mass is 435 g/mol. The van der Waals surface area contributed by atoms with Crippen LogP contribution >= 0.6 is 11.3 Å². The second-order valence-corrected chi connectivity index (χ2v) is 9.27. The molecule has 3 rings (SSSR count). The number of nitrogens with one attached hydrogen (secondary N) is 2. The minimum absolute atomic E-state index is 0.342. The van der Waals surface area contributed by atoms with Gasteiger partial charge in [0.25, 0.3) is 0 Å². The van der Waals surface area contributed by atoms with Crippen LogP contribution in [0.25, 0.3) is 0 Å². The summed E-state index contributed by atoms with van der Waals surface area (Å²) >= 11 is 1.83. The van der Waals surface area contributed by atoms with E-state index in [4.69, 9.17) is 9.73 Å². The van der Waals surface area contributed by atoms with Gasteiger partial charge in [-0.2, -0.15) is 0 Å². The SMILES string of the molecule is CCNC(=NCC(c1cccs1)N1CCOCC1)NCCCCCN1CCCCC1. The van der Waals surface area contributed by atoms with Gasteiger partial charge in [-0.1, -0.05) is 18.9 Å². The lowest BCUT2D eigenvalue weighted by Crippen LogP contribution is -2.41. The molecule has 30 heavy (non-hydrogen) atoms. The van der Waals surface area contributed by atoms with Gasteiger partial charge in [-0.05, 0) is 63.7 Å². The number of rotatable bonds is 11. The Kier molecular flexibility index (Phi) is 11.0. The number of likely N-dealkylation sites (tertiary alicyclic amines) is 1. The van der Waals surface area contributed by atoms with Crippen LogP contribution in [0, 0.1) is 0 Å². The molecule has 1 atom stereocenters. The number of ether oxygens (including phenoxy) is 1. The van der Waals surface area contributed by atoms with Crippen molar-refractivity contribution in [2.75, 3.05) is 65.6 Å². The Bertz CT molecular complexity index is 582. The van der Waals surface area contributed by atoms with Gasteiger partial charge < -0.3 is 20.3 Å². The Morgan fingerprint density at radius 1 is 1.10 bits per heavy atom. The molecule has 1 aromatic heterocycles. The molecule has 2 N–H and O–H groups in total. The zero-order valence-electron chi connectivity index (χ0n) is 18.8. The van der Waals surface area contributed by atoms with E-state index in [9.17, 15) is 0 Å². The van der Waals surface area contributed by atoms with Gasteiger partial charge in [-0.25, -0.2) is 0 Å². The molecule has 0 radical (unpaired) electrons. The molecule has 2 saturated heterocycles. The molecule has 0 spiro atoms. The predicted molar refractivity (Wildman–Crippen MR) is 128 cm³/mol. The first-order valence-electron chi connectivity index (χ1n) is 12.0. The van der Waals surface area contributed by atoms with Gasteiger partial charge >= 0.3 is 0 Å². The zero-order chi connectivity index (χ0) is 20.9. The van der Waals surface area contributed by atoms with Crippen molar-refractivity contribution < 1.29 is 4.74 Å². The highest BCUT2D eigenvalue weighted by atomic mass is 32.1. The quantitative estimate of drug-likeness (QED) is 0.317. The summed E-state index contributed by atoms with van der Waals surface area (Å²) < 4.78 is 5.55. The van der Waals surface area contributed by atoms with Crippen LogP contribution in [0.5, 0.6) is 0 Å². The molecule has 7 heteroatoms. The fourth-order valence-corrected chi connectivity index (χ4v) is 5.15. The van der Waals surface area contributed by atoms with Crippen molar-refractivity contribution in [2.24, 2.45) is 4.99 Å². The Balaban J connectivity index is 1.41. The number of morpholine rings is 1. The van der Waals surface area contributed by atoms with Crippen LogP contribution in [-0.2, 0) is 4.74 Å². The molecular formula is C23H41N5OS. The zero-order valence-corrected chi connectivity index (χ0v) is 19.6. The van der Waals surface area contributed by atoms with E-state index in [0.29, 0.717) is 6.04 Å². The highest BCUT2D eigenvalue weighted by Gasteiger charge is 2.23. The largest absolute Gasteiger partial charge is 0.379 e. The lowest BCUT2D eigenvalue weighted by atomic mass is 10.1. The van der Waals surface area contributed by atoms with Gasteiger partial charge in [-0.15, -0.1) is 11.3 Å². The molecule has 3 heterocycles. The average Bonchev–Trinajstić information content (AvgIpc) is 3.32. The summed E-state index contributed by atoms with van der Waals surface area (Å²) in [6.07, 6.45) is 8.01. The first kappa shape index (κ1) is 23.5. The van der Waals surface area contributed by atoms with E-state index >= 15 is 0 Å². The van der Waals surface area contributed by atoms with Crippen LogP contribution in [0.4, 0.5) is 0 Å². The Morgan fingerprint density at radius 2 is 1.93 bits per heavy atom. The van der Waals surface area contributed by atoms with Crippen molar-refractivity contribution in [3.8, 4) is 0 Å². The minimum Gasteiger partial charge on any atom is -0.379 e. The fourth-order valence-electron chi connectivity index (χ4n) is 4.30. The van der Waals surface area contributed by atoms with E-state index in [2.05, 4.69) is 44.9 Å². The van der Waals surface area contributed by atoms with Crippen LogP contribution in [0.3, 0.4) is 0 Å². The molecule has 2 fully saturated rings. The fraction of sp³-hybridized carbons (Fsp3) is 0.783.